The van der Waals surface area contributed by atoms with Crippen molar-refractivity contribution in [1.82, 2.24) is 19.8 Å². The first-order valence-corrected chi connectivity index (χ1v) is 18.3. The summed E-state index contributed by atoms with van der Waals surface area (Å²) >= 11 is 0. The van der Waals surface area contributed by atoms with Crippen LogP contribution in [0, 0.1) is 5.92 Å². The summed E-state index contributed by atoms with van der Waals surface area (Å²) in [4.78, 5) is 31.4. The van der Waals surface area contributed by atoms with Crippen LogP contribution in [-0.2, 0) is 16.2 Å². The predicted molar refractivity (Wildman–Crippen MR) is 171 cm³/mol. The van der Waals surface area contributed by atoms with E-state index in [9.17, 15) is 9.59 Å². The highest BCUT2D eigenvalue weighted by molar-refractivity contribution is 6.76. The van der Waals surface area contributed by atoms with Gasteiger partial charge in [0.1, 0.15) is 35.3 Å². The smallest absolute Gasteiger partial charge is 0.410 e. The highest BCUT2D eigenvalue weighted by atomic mass is 28.3. The van der Waals surface area contributed by atoms with E-state index in [1.54, 1.807) is 25.2 Å². The van der Waals surface area contributed by atoms with Crippen molar-refractivity contribution in [3.05, 3.63) is 36.5 Å². The first-order chi connectivity index (χ1) is 20.3. The summed E-state index contributed by atoms with van der Waals surface area (Å²) in [6.07, 6.45) is 1.66. The van der Waals surface area contributed by atoms with Gasteiger partial charge >= 0.3 is 12.1 Å². The minimum absolute atomic E-state index is 0.164. The molecule has 1 saturated heterocycles. The van der Waals surface area contributed by atoms with E-state index >= 15 is 0 Å². The molecule has 1 aliphatic rings. The second-order valence-electron chi connectivity index (χ2n) is 13.1. The number of fused-ring (bicyclic) bond motifs is 1. The van der Waals surface area contributed by atoms with Gasteiger partial charge in [0.25, 0.3) is 0 Å². The first-order valence-electron chi connectivity index (χ1n) is 14.6. The van der Waals surface area contributed by atoms with Crippen LogP contribution in [0.15, 0.2) is 36.5 Å². The van der Waals surface area contributed by atoms with Crippen LogP contribution in [0.3, 0.4) is 0 Å². The highest BCUT2D eigenvalue weighted by Crippen LogP contribution is 2.42. The Hall–Kier alpha value is -3.77. The Morgan fingerprint density at radius 2 is 1.72 bits per heavy atom. The second kappa shape index (κ2) is 13.3. The monoisotopic (exact) mass is 611 g/mol. The average Bonchev–Trinajstić information content (AvgIpc) is 3.25. The summed E-state index contributed by atoms with van der Waals surface area (Å²) in [5, 5.41) is 6.61. The molecule has 1 aliphatic heterocycles. The number of pyridine rings is 1. The van der Waals surface area contributed by atoms with Gasteiger partial charge in [0.15, 0.2) is 0 Å². The van der Waals surface area contributed by atoms with Gasteiger partial charge in [0, 0.05) is 57.4 Å². The number of likely N-dealkylation sites (tertiary alicyclic amines) is 1. The Labute approximate surface area is 254 Å². The van der Waals surface area contributed by atoms with Crippen LogP contribution in [0.4, 0.5) is 15.4 Å². The van der Waals surface area contributed by atoms with Crippen molar-refractivity contribution >= 4 is 37.0 Å². The van der Waals surface area contributed by atoms with Gasteiger partial charge in [-0.25, -0.2) is 14.6 Å². The molecule has 11 nitrogen and oxygen atoms in total. The third-order valence-electron chi connectivity index (χ3n) is 7.05. The van der Waals surface area contributed by atoms with Gasteiger partial charge in [-0.1, -0.05) is 25.7 Å². The Bertz CT molecular complexity index is 1420. The molecule has 0 spiro atoms. The number of methoxy groups -OCH3 is 2. The minimum Gasteiger partial charge on any atom is -0.496 e. The van der Waals surface area contributed by atoms with Crippen LogP contribution in [0.25, 0.3) is 22.2 Å². The topological polar surface area (TPSA) is 116 Å². The van der Waals surface area contributed by atoms with E-state index in [1.165, 1.54) is 0 Å². The third kappa shape index (κ3) is 8.41. The molecule has 0 aliphatic carbocycles. The minimum atomic E-state index is -1.25. The van der Waals surface area contributed by atoms with E-state index in [-0.39, 0.29) is 18.0 Å². The Morgan fingerprint density at radius 3 is 2.33 bits per heavy atom. The lowest BCUT2D eigenvalue weighted by atomic mass is 10.0. The number of rotatable bonds is 11. The van der Waals surface area contributed by atoms with Crippen LogP contribution in [0.2, 0.25) is 25.7 Å². The number of amides is 3. The number of hydrogen-bond acceptors (Lipinski definition) is 7. The van der Waals surface area contributed by atoms with Crippen molar-refractivity contribution in [1.29, 1.82) is 0 Å². The summed E-state index contributed by atoms with van der Waals surface area (Å²) in [7, 11) is 2.02. The highest BCUT2D eigenvalue weighted by Gasteiger charge is 2.33. The maximum atomic E-state index is 12.8. The molecule has 0 radical (unpaired) electrons. The number of aromatic nitrogens is 2. The molecule has 2 N–H and O–H groups in total. The number of ether oxygens (including phenoxy) is 4. The Kier molecular flexibility index (Phi) is 9.91. The van der Waals surface area contributed by atoms with Gasteiger partial charge in [-0.15, -0.1) is 0 Å². The summed E-state index contributed by atoms with van der Waals surface area (Å²) in [6, 6.07) is 10.1. The van der Waals surface area contributed by atoms with E-state index in [4.69, 9.17) is 23.9 Å². The van der Waals surface area contributed by atoms with Crippen molar-refractivity contribution in [2.75, 3.05) is 45.8 Å². The van der Waals surface area contributed by atoms with Crippen LogP contribution in [0.1, 0.15) is 20.8 Å². The van der Waals surface area contributed by atoms with Crippen molar-refractivity contribution < 1.29 is 28.5 Å². The van der Waals surface area contributed by atoms with Crippen LogP contribution < -0.4 is 20.1 Å². The predicted octanol–water partition coefficient (Wildman–Crippen LogP) is 6.02. The fourth-order valence-electron chi connectivity index (χ4n) is 4.76. The van der Waals surface area contributed by atoms with Crippen LogP contribution >= 0.6 is 0 Å². The molecule has 0 atom stereocenters. The molecule has 1 fully saturated rings. The third-order valence-corrected chi connectivity index (χ3v) is 8.75. The van der Waals surface area contributed by atoms with Gasteiger partial charge in [0.05, 0.1) is 19.8 Å². The summed E-state index contributed by atoms with van der Waals surface area (Å²) in [6.45, 7) is 15.0. The van der Waals surface area contributed by atoms with Gasteiger partial charge < -0.3 is 33.7 Å². The fourth-order valence-corrected chi connectivity index (χ4v) is 5.52. The average molecular weight is 612 g/mol. The standard InChI is InChI=1S/C31H45N5O6Si/c1-31(2,3)42-30(38)35-17-21(18-35)16-32-29(37)34-26-13-12-22-23(27-24(39-4)10-9-11-25(27)40-5)19-36(28(22)33-26)20-41-14-15-43(6,7)8/h9-13,19,21H,14-18,20H2,1-8H3,(H2,32,33,34,37). The van der Waals surface area contributed by atoms with Crippen molar-refractivity contribution in [3.63, 3.8) is 0 Å². The lowest BCUT2D eigenvalue weighted by molar-refractivity contribution is -0.000319. The number of hydrogen-bond donors (Lipinski definition) is 2. The molecule has 1 aromatic carbocycles. The second-order valence-corrected chi connectivity index (χ2v) is 18.7. The van der Waals surface area contributed by atoms with Crippen molar-refractivity contribution in [2.24, 2.45) is 5.92 Å². The van der Waals surface area contributed by atoms with E-state index in [2.05, 4.69) is 30.3 Å². The van der Waals surface area contributed by atoms with Crippen molar-refractivity contribution in [3.8, 4) is 22.6 Å². The molecule has 3 heterocycles. The molecule has 0 saturated carbocycles. The quantitative estimate of drug-likeness (QED) is 0.201. The fraction of sp³-hybridized carbons (Fsp3) is 0.516. The molecule has 4 rings (SSSR count). The van der Waals surface area contributed by atoms with Gasteiger partial charge in [-0.3, -0.25) is 5.32 Å². The zero-order chi connectivity index (χ0) is 31.4. The molecule has 0 bridgehead atoms. The summed E-state index contributed by atoms with van der Waals surface area (Å²) in [5.74, 6) is 1.94. The normalized spacial score (nSPS) is 13.9. The molecule has 3 aromatic rings. The van der Waals surface area contributed by atoms with Gasteiger partial charge in [-0.05, 0) is 51.1 Å². The number of nitrogens with zero attached hydrogens (tertiary/aromatic N) is 3. The van der Waals surface area contributed by atoms with Gasteiger partial charge in [0.2, 0.25) is 0 Å². The molecule has 0 unspecified atom stereocenters. The summed E-state index contributed by atoms with van der Waals surface area (Å²) < 4.78 is 24.8. The molecule has 3 amide bonds. The van der Waals surface area contributed by atoms with E-state index in [0.29, 0.717) is 55.9 Å². The number of nitrogens with one attached hydrogen (secondary N) is 2. The number of anilines is 1. The molecule has 2 aromatic heterocycles. The zero-order valence-corrected chi connectivity index (χ0v) is 27.6. The van der Waals surface area contributed by atoms with Crippen LogP contribution in [0.5, 0.6) is 11.5 Å². The largest absolute Gasteiger partial charge is 0.496 e. The zero-order valence-electron chi connectivity index (χ0n) is 26.6. The first kappa shape index (κ1) is 32.1. The number of urea groups is 1. The number of benzene rings is 1. The molecule has 12 heteroatoms. The van der Waals surface area contributed by atoms with E-state index < -0.39 is 13.7 Å². The maximum Gasteiger partial charge on any atom is 0.410 e. The van der Waals surface area contributed by atoms with Crippen molar-refractivity contribution in [2.45, 2.75) is 58.8 Å². The number of carbonyl (C=O) groups excluding carboxylic acids is 2. The van der Waals surface area contributed by atoms with E-state index in [1.807, 2.05) is 55.8 Å². The maximum absolute atomic E-state index is 12.8. The molecular formula is C31H45N5O6Si. The lowest BCUT2D eigenvalue weighted by Crippen LogP contribution is -2.55. The summed E-state index contributed by atoms with van der Waals surface area (Å²) in [5.41, 5.74) is 1.84. The molecule has 234 valence electrons. The number of carbonyl (C=O) groups is 2. The van der Waals surface area contributed by atoms with Crippen LogP contribution in [-0.4, -0.2) is 80.7 Å². The van der Waals surface area contributed by atoms with Gasteiger partial charge in [-0.2, -0.15) is 0 Å². The Morgan fingerprint density at radius 1 is 1.05 bits per heavy atom. The molecular weight excluding hydrogens is 566 g/mol. The molecule has 43 heavy (non-hydrogen) atoms. The lowest BCUT2D eigenvalue weighted by Gasteiger charge is -2.39. The van der Waals surface area contributed by atoms with E-state index in [0.717, 1.165) is 22.6 Å². The SMILES string of the molecule is COc1cccc(OC)c1-c1cn(COCC[Si](C)(C)C)c2nc(NC(=O)NCC3CN(C(=O)OC(C)(C)C)C3)ccc12. The Balaban J connectivity index is 1.48.